The molecule has 1 aromatic heterocycles. The third kappa shape index (κ3) is 4.17. The lowest BCUT2D eigenvalue weighted by Crippen LogP contribution is -2.31. The summed E-state index contributed by atoms with van der Waals surface area (Å²) in [5, 5.41) is 17.0. The van der Waals surface area contributed by atoms with Crippen molar-refractivity contribution in [2.45, 2.75) is 13.0 Å². The van der Waals surface area contributed by atoms with E-state index in [9.17, 15) is 9.59 Å². The lowest BCUT2D eigenvalue weighted by Gasteiger charge is -2.13. The first-order valence-electron chi connectivity index (χ1n) is 5.96. The van der Waals surface area contributed by atoms with E-state index in [2.05, 4.69) is 15.6 Å². The quantitative estimate of drug-likeness (QED) is 0.803. The summed E-state index contributed by atoms with van der Waals surface area (Å²) in [5.74, 6) is -1.11. The van der Waals surface area contributed by atoms with Crippen molar-refractivity contribution in [1.82, 2.24) is 10.3 Å². The smallest absolute Gasteiger partial charge is 0.335 e. The van der Waals surface area contributed by atoms with Gasteiger partial charge in [-0.2, -0.15) is 0 Å². The second kappa shape index (κ2) is 6.55. The fraction of sp³-hybridized carbons (Fsp3) is 0.154. The van der Waals surface area contributed by atoms with Gasteiger partial charge >= 0.3 is 12.0 Å². The Balaban J connectivity index is 2.04. The Morgan fingerprint density at radius 1 is 1.38 bits per heavy atom. The maximum atomic E-state index is 11.9. The summed E-state index contributed by atoms with van der Waals surface area (Å²) < 4.78 is 0. The molecule has 1 unspecified atom stereocenters. The van der Waals surface area contributed by atoms with Crippen LogP contribution in [0.25, 0.3) is 0 Å². The molecule has 8 heteroatoms. The third-order valence-electron chi connectivity index (χ3n) is 2.57. The summed E-state index contributed by atoms with van der Waals surface area (Å²) in [6, 6.07) is 3.41. The van der Waals surface area contributed by atoms with Gasteiger partial charge in [-0.05, 0) is 25.1 Å². The second-order valence-corrected chi connectivity index (χ2v) is 5.59. The minimum Gasteiger partial charge on any atom is -0.478 e. The Hall–Kier alpha value is -2.12. The molecule has 3 N–H and O–H groups in total. The third-order valence-corrected chi connectivity index (χ3v) is 3.75. The lowest BCUT2D eigenvalue weighted by atomic mass is 10.2. The van der Waals surface area contributed by atoms with E-state index in [4.69, 9.17) is 16.7 Å². The molecule has 0 aliphatic rings. The molecule has 110 valence electrons. The lowest BCUT2D eigenvalue weighted by molar-refractivity contribution is 0.0697. The number of aromatic nitrogens is 1. The SMILES string of the molecule is CC(NC(=O)Nc1cc(Cl)cc(C(=O)O)c1)c1nccs1. The number of nitrogens with one attached hydrogen (secondary N) is 2. The van der Waals surface area contributed by atoms with Crippen molar-refractivity contribution in [2.75, 3.05) is 5.32 Å². The van der Waals surface area contributed by atoms with Crippen molar-refractivity contribution < 1.29 is 14.7 Å². The number of benzene rings is 1. The average molecular weight is 326 g/mol. The van der Waals surface area contributed by atoms with Crippen LogP contribution in [-0.4, -0.2) is 22.1 Å². The Bertz CT molecular complexity index is 661. The zero-order valence-electron chi connectivity index (χ0n) is 11.0. The van der Waals surface area contributed by atoms with E-state index in [1.54, 1.807) is 13.1 Å². The van der Waals surface area contributed by atoms with E-state index < -0.39 is 12.0 Å². The number of urea groups is 1. The number of hydrogen-bond acceptors (Lipinski definition) is 4. The molecule has 1 atom stereocenters. The molecule has 0 radical (unpaired) electrons. The van der Waals surface area contributed by atoms with Crippen LogP contribution in [0.4, 0.5) is 10.5 Å². The van der Waals surface area contributed by atoms with Crippen LogP contribution in [0, 0.1) is 0 Å². The number of aromatic carboxylic acids is 1. The molecule has 0 saturated carbocycles. The summed E-state index contributed by atoms with van der Waals surface area (Å²) in [6.07, 6.45) is 1.66. The molecule has 2 rings (SSSR count). The molecule has 0 saturated heterocycles. The first-order chi connectivity index (χ1) is 9.95. The maximum Gasteiger partial charge on any atom is 0.335 e. The van der Waals surface area contributed by atoms with Crippen molar-refractivity contribution in [1.29, 1.82) is 0 Å². The van der Waals surface area contributed by atoms with Crippen molar-refractivity contribution in [3.63, 3.8) is 0 Å². The molecule has 0 spiro atoms. The Morgan fingerprint density at radius 2 is 2.14 bits per heavy atom. The van der Waals surface area contributed by atoms with Crippen LogP contribution in [0.2, 0.25) is 5.02 Å². The molecule has 0 bridgehead atoms. The van der Waals surface area contributed by atoms with Gasteiger partial charge in [0.1, 0.15) is 5.01 Å². The minimum absolute atomic E-state index is 0.00534. The van der Waals surface area contributed by atoms with Crippen LogP contribution >= 0.6 is 22.9 Å². The first kappa shape index (κ1) is 15.3. The molecule has 21 heavy (non-hydrogen) atoms. The van der Waals surface area contributed by atoms with Gasteiger partial charge in [0.25, 0.3) is 0 Å². The van der Waals surface area contributed by atoms with E-state index >= 15 is 0 Å². The Kier molecular flexibility index (Phi) is 4.77. The number of hydrogen-bond donors (Lipinski definition) is 3. The number of amides is 2. The van der Waals surface area contributed by atoms with Gasteiger partial charge in [-0.1, -0.05) is 11.6 Å². The van der Waals surface area contributed by atoms with E-state index in [1.807, 2.05) is 5.38 Å². The number of carboxylic acid groups (broad SMARTS) is 1. The monoisotopic (exact) mass is 325 g/mol. The van der Waals surface area contributed by atoms with Gasteiger partial charge in [-0.3, -0.25) is 0 Å². The Morgan fingerprint density at radius 3 is 2.76 bits per heavy atom. The summed E-state index contributed by atoms with van der Waals surface area (Å²) in [7, 11) is 0. The van der Waals surface area contributed by atoms with E-state index in [0.29, 0.717) is 5.69 Å². The normalized spacial score (nSPS) is 11.7. The molecule has 0 fully saturated rings. The van der Waals surface area contributed by atoms with Crippen LogP contribution in [0.3, 0.4) is 0 Å². The maximum absolute atomic E-state index is 11.9. The molecular weight excluding hydrogens is 314 g/mol. The summed E-state index contributed by atoms with van der Waals surface area (Å²) in [6.45, 7) is 1.80. The number of halogens is 1. The molecule has 1 aromatic carbocycles. The van der Waals surface area contributed by atoms with Gasteiger partial charge in [-0.25, -0.2) is 14.6 Å². The summed E-state index contributed by atoms with van der Waals surface area (Å²) >= 11 is 7.26. The highest BCUT2D eigenvalue weighted by molar-refractivity contribution is 7.09. The molecular formula is C13H12ClN3O3S. The number of carbonyl (C=O) groups excluding carboxylic acids is 1. The second-order valence-electron chi connectivity index (χ2n) is 4.22. The number of anilines is 1. The summed E-state index contributed by atoms with van der Waals surface area (Å²) in [4.78, 5) is 26.9. The van der Waals surface area contributed by atoms with Crippen molar-refractivity contribution in [3.8, 4) is 0 Å². The highest BCUT2D eigenvalue weighted by Gasteiger charge is 2.13. The molecule has 6 nitrogen and oxygen atoms in total. The fourth-order valence-corrected chi connectivity index (χ4v) is 2.54. The van der Waals surface area contributed by atoms with Gasteiger partial charge in [0.2, 0.25) is 0 Å². The van der Waals surface area contributed by atoms with Gasteiger partial charge in [0.05, 0.1) is 11.6 Å². The number of rotatable bonds is 4. The first-order valence-corrected chi connectivity index (χ1v) is 7.22. The van der Waals surface area contributed by atoms with Crippen molar-refractivity contribution in [2.24, 2.45) is 0 Å². The zero-order valence-corrected chi connectivity index (χ0v) is 12.5. The number of nitrogens with zero attached hydrogens (tertiary/aromatic N) is 1. The van der Waals surface area contributed by atoms with Crippen LogP contribution in [0.15, 0.2) is 29.8 Å². The van der Waals surface area contributed by atoms with Crippen LogP contribution in [0.5, 0.6) is 0 Å². The van der Waals surface area contributed by atoms with E-state index in [1.165, 1.54) is 29.5 Å². The fourth-order valence-electron chi connectivity index (χ4n) is 1.66. The predicted octanol–water partition coefficient (Wildman–Crippen LogP) is 3.38. The van der Waals surface area contributed by atoms with Gasteiger partial charge in [0, 0.05) is 22.3 Å². The van der Waals surface area contributed by atoms with Gasteiger partial charge in [0.15, 0.2) is 0 Å². The number of carbonyl (C=O) groups is 2. The van der Waals surface area contributed by atoms with Gasteiger partial charge in [-0.15, -0.1) is 11.3 Å². The Labute approximate surface area is 129 Å². The van der Waals surface area contributed by atoms with Crippen LogP contribution in [-0.2, 0) is 0 Å². The molecule has 2 aromatic rings. The van der Waals surface area contributed by atoms with Gasteiger partial charge < -0.3 is 15.7 Å². The van der Waals surface area contributed by atoms with Crippen LogP contribution in [0.1, 0.15) is 28.3 Å². The minimum atomic E-state index is -1.11. The van der Waals surface area contributed by atoms with Crippen molar-refractivity contribution >= 4 is 40.6 Å². The molecule has 2 amide bonds. The van der Waals surface area contributed by atoms with E-state index in [-0.39, 0.29) is 16.6 Å². The standard InChI is InChI=1S/C13H12ClN3O3S/c1-7(11-15-2-3-21-11)16-13(20)17-10-5-8(12(18)19)4-9(14)6-10/h2-7H,1H3,(H,18,19)(H2,16,17,20). The molecule has 0 aliphatic heterocycles. The topological polar surface area (TPSA) is 91.3 Å². The molecule has 0 aliphatic carbocycles. The zero-order chi connectivity index (χ0) is 15.4. The predicted molar refractivity (Wildman–Crippen MR) is 81.1 cm³/mol. The number of thiazole rings is 1. The molecule has 1 heterocycles. The largest absolute Gasteiger partial charge is 0.478 e. The van der Waals surface area contributed by atoms with Crippen molar-refractivity contribution in [3.05, 3.63) is 45.4 Å². The summed E-state index contributed by atoms with van der Waals surface area (Å²) in [5.41, 5.74) is 0.314. The van der Waals surface area contributed by atoms with Crippen LogP contribution < -0.4 is 10.6 Å². The van der Waals surface area contributed by atoms with E-state index in [0.717, 1.165) is 5.01 Å². The number of carboxylic acids is 1. The average Bonchev–Trinajstić information content (AvgIpc) is 2.91. The highest BCUT2D eigenvalue weighted by Crippen LogP contribution is 2.20. The highest BCUT2D eigenvalue weighted by atomic mass is 35.5.